The van der Waals surface area contributed by atoms with Gasteiger partial charge in [0.2, 0.25) is 21.8 Å². The molecule has 12 heteroatoms. The Morgan fingerprint density at radius 3 is 2.12 bits per heavy atom. The van der Waals surface area contributed by atoms with Crippen LogP contribution in [0.25, 0.3) is 0 Å². The zero-order chi connectivity index (χ0) is 30.3. The quantitative estimate of drug-likeness (QED) is 0.264. The van der Waals surface area contributed by atoms with Crippen LogP contribution in [0.2, 0.25) is 15.1 Å². The molecular formula is C29H31Cl3FN3O4S. The normalized spacial score (nSPS) is 12.2. The molecule has 0 spiro atoms. The zero-order valence-corrected chi connectivity index (χ0v) is 25.9. The van der Waals surface area contributed by atoms with Gasteiger partial charge in [0, 0.05) is 35.1 Å². The first-order valence-electron chi connectivity index (χ1n) is 12.7. The van der Waals surface area contributed by atoms with Crippen molar-refractivity contribution < 1.29 is 22.4 Å². The van der Waals surface area contributed by atoms with Crippen LogP contribution in [-0.2, 0) is 32.6 Å². The molecule has 0 unspecified atom stereocenters. The summed E-state index contributed by atoms with van der Waals surface area (Å²) >= 11 is 18.8. The minimum atomic E-state index is -4.04. The zero-order valence-electron chi connectivity index (χ0n) is 22.8. The van der Waals surface area contributed by atoms with Crippen LogP contribution < -0.4 is 9.62 Å². The summed E-state index contributed by atoms with van der Waals surface area (Å²) < 4.78 is 40.3. The van der Waals surface area contributed by atoms with E-state index in [-0.39, 0.29) is 39.6 Å². The number of hydrogen-bond acceptors (Lipinski definition) is 4. The van der Waals surface area contributed by atoms with Crippen molar-refractivity contribution in [3.8, 4) is 0 Å². The van der Waals surface area contributed by atoms with Gasteiger partial charge in [0.05, 0.1) is 17.0 Å². The lowest BCUT2D eigenvalue weighted by Gasteiger charge is -2.34. The summed E-state index contributed by atoms with van der Waals surface area (Å²) in [5.41, 5.74) is 1.17. The highest BCUT2D eigenvalue weighted by Gasteiger charge is 2.34. The fourth-order valence-electron chi connectivity index (χ4n) is 4.08. The Morgan fingerprint density at radius 2 is 1.56 bits per heavy atom. The largest absolute Gasteiger partial charge is 0.354 e. The van der Waals surface area contributed by atoms with Crippen LogP contribution in [0, 0.1) is 11.7 Å². The number of amides is 2. The smallest absolute Gasteiger partial charge is 0.244 e. The second-order valence-electron chi connectivity index (χ2n) is 9.93. The topological polar surface area (TPSA) is 86.8 Å². The Hall–Kier alpha value is -2.85. The van der Waals surface area contributed by atoms with Crippen LogP contribution in [0.1, 0.15) is 25.0 Å². The second kappa shape index (κ2) is 14.4. The van der Waals surface area contributed by atoms with Gasteiger partial charge >= 0.3 is 0 Å². The lowest BCUT2D eigenvalue weighted by atomic mass is 10.0. The second-order valence-corrected chi connectivity index (χ2v) is 13.1. The van der Waals surface area contributed by atoms with E-state index >= 15 is 0 Å². The van der Waals surface area contributed by atoms with E-state index in [0.717, 1.165) is 28.3 Å². The molecule has 0 saturated carbocycles. The average Bonchev–Trinajstić information content (AvgIpc) is 2.90. The van der Waals surface area contributed by atoms with Gasteiger partial charge in [-0.05, 0) is 41.8 Å². The van der Waals surface area contributed by atoms with Crippen LogP contribution in [0.5, 0.6) is 0 Å². The van der Waals surface area contributed by atoms with E-state index in [1.54, 1.807) is 18.2 Å². The van der Waals surface area contributed by atoms with Gasteiger partial charge in [-0.1, -0.05) is 85.0 Å². The van der Waals surface area contributed by atoms with E-state index < -0.39 is 40.2 Å². The summed E-state index contributed by atoms with van der Waals surface area (Å²) in [5.74, 6) is -1.72. The number of rotatable bonds is 12. The van der Waals surface area contributed by atoms with Gasteiger partial charge in [-0.15, -0.1) is 0 Å². The van der Waals surface area contributed by atoms with Crippen molar-refractivity contribution >= 4 is 62.3 Å². The SMILES string of the molecule is CC(C)CNC(=O)[C@H](Cc1ccccc1)N(Cc1c(Cl)cccc1Cl)C(=O)CN(c1ccc(F)c(Cl)c1)S(C)(=O)=O. The lowest BCUT2D eigenvalue weighted by molar-refractivity contribution is -0.140. The highest BCUT2D eigenvalue weighted by atomic mass is 35.5. The van der Waals surface area contributed by atoms with Gasteiger partial charge in [-0.25, -0.2) is 12.8 Å². The molecule has 0 fully saturated rings. The molecule has 0 aliphatic rings. The Bertz CT molecular complexity index is 1470. The maximum absolute atomic E-state index is 14.1. The minimum Gasteiger partial charge on any atom is -0.354 e. The minimum absolute atomic E-state index is 0.00755. The van der Waals surface area contributed by atoms with Crippen molar-refractivity contribution in [2.45, 2.75) is 32.9 Å². The molecule has 0 radical (unpaired) electrons. The molecule has 0 aliphatic heterocycles. The number of nitrogens with zero attached hydrogens (tertiary/aromatic N) is 2. The van der Waals surface area contributed by atoms with Gasteiger partial charge in [0.25, 0.3) is 0 Å². The van der Waals surface area contributed by atoms with E-state index in [1.807, 2.05) is 44.2 Å². The highest BCUT2D eigenvalue weighted by molar-refractivity contribution is 7.92. The van der Waals surface area contributed by atoms with Gasteiger partial charge in [0.15, 0.2) is 0 Å². The molecule has 7 nitrogen and oxygen atoms in total. The maximum atomic E-state index is 14.1. The van der Waals surface area contributed by atoms with Crippen molar-refractivity contribution in [2.75, 3.05) is 23.7 Å². The summed E-state index contributed by atoms with van der Waals surface area (Å²) in [6.07, 6.45) is 1.06. The number of sulfonamides is 1. The van der Waals surface area contributed by atoms with Crippen molar-refractivity contribution in [3.05, 3.63) is 98.7 Å². The molecule has 3 rings (SSSR count). The number of hydrogen-bond donors (Lipinski definition) is 1. The van der Waals surface area contributed by atoms with Crippen LogP contribution in [0.15, 0.2) is 66.7 Å². The molecule has 1 N–H and O–H groups in total. The first-order chi connectivity index (χ1) is 19.3. The Balaban J connectivity index is 2.10. The van der Waals surface area contributed by atoms with Crippen molar-refractivity contribution in [1.29, 1.82) is 0 Å². The van der Waals surface area contributed by atoms with E-state index in [9.17, 15) is 22.4 Å². The highest BCUT2D eigenvalue weighted by Crippen LogP contribution is 2.29. The molecule has 3 aromatic rings. The average molecular weight is 643 g/mol. The maximum Gasteiger partial charge on any atom is 0.244 e. The summed E-state index contributed by atoms with van der Waals surface area (Å²) in [6.45, 7) is 3.38. The third kappa shape index (κ3) is 9.07. The van der Waals surface area contributed by atoms with Gasteiger partial charge in [-0.3, -0.25) is 13.9 Å². The summed E-state index contributed by atoms with van der Waals surface area (Å²) in [4.78, 5) is 29.0. The molecule has 0 bridgehead atoms. The van der Waals surface area contributed by atoms with E-state index in [1.165, 1.54) is 11.0 Å². The molecule has 0 aromatic heterocycles. The summed E-state index contributed by atoms with van der Waals surface area (Å²) in [7, 11) is -4.04. The molecule has 0 aliphatic carbocycles. The van der Waals surface area contributed by atoms with Crippen LogP contribution in [0.4, 0.5) is 10.1 Å². The Labute approximate surface area is 255 Å². The third-order valence-corrected chi connectivity index (χ3v) is 8.35. The Kier molecular flexibility index (Phi) is 11.4. The number of anilines is 1. The van der Waals surface area contributed by atoms with E-state index in [4.69, 9.17) is 34.8 Å². The molecule has 41 heavy (non-hydrogen) atoms. The van der Waals surface area contributed by atoms with Crippen LogP contribution in [0.3, 0.4) is 0 Å². The first kappa shape index (κ1) is 32.7. The monoisotopic (exact) mass is 641 g/mol. The number of halogens is 4. The van der Waals surface area contributed by atoms with Crippen molar-refractivity contribution in [2.24, 2.45) is 5.92 Å². The standard InChI is InChI=1S/C29H31Cl3FN3O4S/c1-19(2)16-34-29(38)27(14-20-8-5-4-6-9-20)35(17-22-23(30)10-7-11-24(22)31)28(37)18-36(41(3,39)40)21-12-13-26(33)25(32)15-21/h4-13,15,19,27H,14,16-18H2,1-3H3,(H,34,38)/t27-/m0/s1. The Morgan fingerprint density at radius 1 is 0.927 bits per heavy atom. The third-order valence-electron chi connectivity index (χ3n) is 6.22. The predicted molar refractivity (Wildman–Crippen MR) is 162 cm³/mol. The van der Waals surface area contributed by atoms with Gasteiger partial charge in [0.1, 0.15) is 18.4 Å². The van der Waals surface area contributed by atoms with E-state index in [0.29, 0.717) is 12.1 Å². The number of benzene rings is 3. The summed E-state index contributed by atoms with van der Waals surface area (Å²) in [6, 6.07) is 16.3. The van der Waals surface area contributed by atoms with Gasteiger partial charge < -0.3 is 10.2 Å². The number of nitrogens with one attached hydrogen (secondary N) is 1. The molecule has 3 aromatic carbocycles. The van der Waals surface area contributed by atoms with E-state index in [2.05, 4.69) is 5.32 Å². The molecule has 0 heterocycles. The predicted octanol–water partition coefficient (Wildman–Crippen LogP) is 5.96. The fraction of sp³-hybridized carbons (Fsp3) is 0.310. The first-order valence-corrected chi connectivity index (χ1v) is 15.7. The number of carbonyl (C=O) groups is 2. The lowest BCUT2D eigenvalue weighted by Crippen LogP contribution is -2.53. The van der Waals surface area contributed by atoms with Crippen LogP contribution >= 0.6 is 34.8 Å². The molecule has 2 amide bonds. The molecule has 1 atom stereocenters. The van der Waals surface area contributed by atoms with Crippen molar-refractivity contribution in [1.82, 2.24) is 10.2 Å². The van der Waals surface area contributed by atoms with Crippen molar-refractivity contribution in [3.63, 3.8) is 0 Å². The molecular weight excluding hydrogens is 612 g/mol. The van der Waals surface area contributed by atoms with Crippen LogP contribution in [-0.4, -0.2) is 50.5 Å². The molecule has 220 valence electrons. The fourth-order valence-corrected chi connectivity index (χ4v) is 5.62. The van der Waals surface area contributed by atoms with Gasteiger partial charge in [-0.2, -0.15) is 0 Å². The number of carbonyl (C=O) groups excluding carboxylic acids is 2. The molecule has 0 saturated heterocycles. The summed E-state index contributed by atoms with van der Waals surface area (Å²) in [5, 5.41) is 3.14.